The molecule has 0 bridgehead atoms. The minimum absolute atomic E-state index is 0. The van der Waals surface area contributed by atoms with E-state index in [2.05, 4.69) is 52.4 Å². The molecule has 0 saturated carbocycles. The summed E-state index contributed by atoms with van der Waals surface area (Å²) in [5.74, 6) is 0.613. The number of benzene rings is 1. The van der Waals surface area contributed by atoms with E-state index < -0.39 is 0 Å². The number of fused-ring (bicyclic) bond motifs is 1. The molecule has 0 unspecified atom stereocenters. The van der Waals surface area contributed by atoms with Gasteiger partial charge in [0, 0.05) is 35.8 Å². The van der Waals surface area contributed by atoms with Gasteiger partial charge < -0.3 is 15.6 Å². The summed E-state index contributed by atoms with van der Waals surface area (Å²) in [6, 6.07) is 10.5. The maximum Gasteiger partial charge on any atom is 0.136 e. The number of aromatic amines is 1. The molecule has 4 rings (SSSR count). The Balaban J connectivity index is 0.00000196. The monoisotopic (exact) mass is 386 g/mol. The molecule has 3 N–H and O–H groups in total. The van der Waals surface area contributed by atoms with E-state index in [1.54, 1.807) is 11.3 Å². The van der Waals surface area contributed by atoms with E-state index in [1.807, 2.05) is 17.5 Å². The number of hydrogen-bond donors (Lipinski definition) is 2. The summed E-state index contributed by atoms with van der Waals surface area (Å²) in [6.07, 6.45) is 5.57. The van der Waals surface area contributed by atoms with Gasteiger partial charge in [0.25, 0.3) is 0 Å². The molecular formula is C20H23ClN4S. The molecule has 0 fully saturated rings. The zero-order chi connectivity index (χ0) is 17.2. The Morgan fingerprint density at radius 2 is 2.23 bits per heavy atom. The second kappa shape index (κ2) is 8.08. The van der Waals surface area contributed by atoms with E-state index in [0.717, 1.165) is 24.4 Å². The zero-order valence-corrected chi connectivity index (χ0v) is 16.4. The maximum atomic E-state index is 6.08. The van der Waals surface area contributed by atoms with Crippen molar-refractivity contribution in [1.29, 1.82) is 0 Å². The van der Waals surface area contributed by atoms with Crippen molar-refractivity contribution in [2.75, 3.05) is 20.1 Å². The van der Waals surface area contributed by atoms with Crippen molar-refractivity contribution in [1.82, 2.24) is 9.88 Å². The number of nitrogens with two attached hydrogens (primary N) is 1. The summed E-state index contributed by atoms with van der Waals surface area (Å²) < 4.78 is 0. The van der Waals surface area contributed by atoms with Crippen LogP contribution in [0.5, 0.6) is 0 Å². The fourth-order valence-electron chi connectivity index (χ4n) is 3.23. The van der Waals surface area contributed by atoms with Crippen LogP contribution in [0.25, 0.3) is 16.5 Å². The van der Waals surface area contributed by atoms with Gasteiger partial charge in [-0.2, -0.15) is 0 Å². The number of nitrogens with one attached hydrogen (secondary N) is 1. The van der Waals surface area contributed by atoms with E-state index in [1.165, 1.54) is 27.6 Å². The lowest BCUT2D eigenvalue weighted by Gasteiger charge is -2.21. The summed E-state index contributed by atoms with van der Waals surface area (Å²) in [6.45, 7) is 2.73. The van der Waals surface area contributed by atoms with Crippen molar-refractivity contribution >= 4 is 46.1 Å². The molecule has 0 radical (unpaired) electrons. The van der Waals surface area contributed by atoms with Crippen molar-refractivity contribution < 1.29 is 0 Å². The van der Waals surface area contributed by atoms with Crippen LogP contribution in [0.3, 0.4) is 0 Å². The lowest BCUT2D eigenvalue weighted by atomic mass is 9.98. The van der Waals surface area contributed by atoms with E-state index in [4.69, 9.17) is 5.73 Å². The van der Waals surface area contributed by atoms with Crippen LogP contribution in [-0.4, -0.2) is 35.9 Å². The van der Waals surface area contributed by atoms with Crippen molar-refractivity contribution in [3.8, 4) is 0 Å². The topological polar surface area (TPSA) is 57.4 Å². The van der Waals surface area contributed by atoms with Gasteiger partial charge >= 0.3 is 0 Å². The van der Waals surface area contributed by atoms with Gasteiger partial charge in [-0.3, -0.25) is 4.99 Å². The minimum Gasteiger partial charge on any atom is -0.383 e. The van der Waals surface area contributed by atoms with Crippen molar-refractivity contribution in [2.45, 2.75) is 13.0 Å². The van der Waals surface area contributed by atoms with Crippen LogP contribution in [0.4, 0.5) is 0 Å². The predicted molar refractivity (Wildman–Crippen MR) is 114 cm³/mol. The highest BCUT2D eigenvalue weighted by Crippen LogP contribution is 2.29. The van der Waals surface area contributed by atoms with Gasteiger partial charge in [0.1, 0.15) is 5.84 Å². The Labute approximate surface area is 163 Å². The van der Waals surface area contributed by atoms with Crippen molar-refractivity contribution in [2.24, 2.45) is 10.7 Å². The van der Waals surface area contributed by atoms with Crippen molar-refractivity contribution in [3.05, 3.63) is 64.0 Å². The number of aliphatic imine (C=N–C) groups is 1. The molecular weight excluding hydrogens is 364 g/mol. The van der Waals surface area contributed by atoms with Gasteiger partial charge in [0.05, 0.1) is 11.4 Å². The first-order valence-electron chi connectivity index (χ1n) is 8.52. The number of hydrogen-bond acceptors (Lipinski definition) is 3. The molecule has 0 amide bonds. The SMILES string of the molecule is CN1CC=C(c2c[nH]c3ccc(CN=C(N)c4cccs4)cc23)CC1.Cl. The second-order valence-electron chi connectivity index (χ2n) is 6.50. The van der Waals surface area contributed by atoms with Gasteiger partial charge in [-0.15, -0.1) is 23.7 Å². The normalized spacial score (nSPS) is 15.7. The molecule has 3 aromatic rings. The number of rotatable bonds is 4. The molecule has 1 aliphatic heterocycles. The Morgan fingerprint density at radius 3 is 2.96 bits per heavy atom. The van der Waals surface area contributed by atoms with Crippen LogP contribution < -0.4 is 5.73 Å². The van der Waals surface area contributed by atoms with Gasteiger partial charge in [0.2, 0.25) is 0 Å². The number of H-pyrrole nitrogens is 1. The van der Waals surface area contributed by atoms with Gasteiger partial charge in [0.15, 0.2) is 0 Å². The zero-order valence-electron chi connectivity index (χ0n) is 14.7. The van der Waals surface area contributed by atoms with Gasteiger partial charge in [-0.05, 0) is 48.2 Å². The standard InChI is InChI=1S/C20H22N4S.ClH/c1-24-8-6-15(7-9-24)17-13-22-18-5-4-14(11-16(17)18)12-23-20(21)19-3-2-10-25-19;/h2-6,10-11,13,22H,7-9,12H2,1H3,(H2,21,23);1H. The minimum atomic E-state index is 0. The average Bonchev–Trinajstić information content (AvgIpc) is 3.30. The van der Waals surface area contributed by atoms with E-state index in [0.29, 0.717) is 12.4 Å². The third-order valence-corrected chi connectivity index (χ3v) is 5.60. The van der Waals surface area contributed by atoms with E-state index in [-0.39, 0.29) is 12.4 Å². The summed E-state index contributed by atoms with van der Waals surface area (Å²) in [7, 11) is 2.16. The first kappa shape index (κ1) is 18.7. The fraction of sp³-hybridized carbons (Fsp3) is 0.250. The quantitative estimate of drug-likeness (QED) is 0.519. The lowest BCUT2D eigenvalue weighted by Crippen LogP contribution is -2.23. The molecule has 26 heavy (non-hydrogen) atoms. The molecule has 1 aliphatic rings. The predicted octanol–water partition coefficient (Wildman–Crippen LogP) is 4.28. The maximum absolute atomic E-state index is 6.08. The summed E-state index contributed by atoms with van der Waals surface area (Å²) in [4.78, 5) is 11.3. The van der Waals surface area contributed by atoms with Crippen LogP contribution in [0.15, 0.2) is 53.0 Å². The summed E-state index contributed by atoms with van der Waals surface area (Å²) in [5, 5.41) is 3.30. The van der Waals surface area contributed by atoms with E-state index >= 15 is 0 Å². The molecule has 0 spiro atoms. The summed E-state index contributed by atoms with van der Waals surface area (Å²) >= 11 is 1.62. The Hall–Kier alpha value is -2.08. The number of likely N-dealkylation sites (N-methyl/N-ethyl adjacent to an activating group) is 1. The molecule has 0 atom stereocenters. The Bertz CT molecular complexity index is 940. The van der Waals surface area contributed by atoms with Crippen LogP contribution in [0, 0.1) is 0 Å². The number of aromatic nitrogens is 1. The molecule has 1 aromatic carbocycles. The van der Waals surface area contributed by atoms with Gasteiger partial charge in [-0.25, -0.2) is 0 Å². The third-order valence-electron chi connectivity index (χ3n) is 4.71. The highest BCUT2D eigenvalue weighted by molar-refractivity contribution is 7.12. The first-order valence-corrected chi connectivity index (χ1v) is 9.40. The molecule has 2 aromatic heterocycles. The molecule has 3 heterocycles. The Morgan fingerprint density at radius 1 is 1.35 bits per heavy atom. The molecule has 0 aliphatic carbocycles. The van der Waals surface area contributed by atoms with E-state index in [9.17, 15) is 0 Å². The molecule has 6 heteroatoms. The Kier molecular flexibility index (Phi) is 5.81. The number of halogens is 1. The highest BCUT2D eigenvalue weighted by atomic mass is 35.5. The van der Waals surface area contributed by atoms with Crippen LogP contribution in [0.2, 0.25) is 0 Å². The number of nitrogens with zero attached hydrogens (tertiary/aromatic N) is 2. The lowest BCUT2D eigenvalue weighted by molar-refractivity contribution is 0.370. The highest BCUT2D eigenvalue weighted by Gasteiger charge is 2.13. The fourth-order valence-corrected chi connectivity index (χ4v) is 3.87. The second-order valence-corrected chi connectivity index (χ2v) is 7.45. The average molecular weight is 387 g/mol. The van der Waals surface area contributed by atoms with Crippen LogP contribution in [-0.2, 0) is 6.54 Å². The largest absolute Gasteiger partial charge is 0.383 e. The number of amidine groups is 1. The van der Waals surface area contributed by atoms with Crippen LogP contribution >= 0.6 is 23.7 Å². The van der Waals surface area contributed by atoms with Gasteiger partial charge in [-0.1, -0.05) is 18.2 Å². The van der Waals surface area contributed by atoms with Crippen molar-refractivity contribution in [3.63, 3.8) is 0 Å². The molecule has 0 saturated heterocycles. The number of thiophene rings is 1. The molecule has 4 nitrogen and oxygen atoms in total. The smallest absolute Gasteiger partial charge is 0.136 e. The summed E-state index contributed by atoms with van der Waals surface area (Å²) in [5.41, 5.74) is 11.2. The first-order chi connectivity index (χ1) is 12.2. The molecule has 136 valence electrons. The third kappa shape index (κ3) is 3.85. The van der Waals surface area contributed by atoms with Crippen LogP contribution in [0.1, 0.15) is 22.4 Å².